The van der Waals surface area contributed by atoms with E-state index in [0.717, 1.165) is 25.2 Å². The highest BCUT2D eigenvalue weighted by Crippen LogP contribution is 2.18. The summed E-state index contributed by atoms with van der Waals surface area (Å²) in [4.78, 5) is 0. The second-order valence-corrected chi connectivity index (χ2v) is 3.94. The van der Waals surface area contributed by atoms with E-state index in [0.29, 0.717) is 13.1 Å². The van der Waals surface area contributed by atoms with Gasteiger partial charge in [0.2, 0.25) is 0 Å². The van der Waals surface area contributed by atoms with E-state index >= 15 is 0 Å². The van der Waals surface area contributed by atoms with Crippen LogP contribution in [0.4, 0.5) is 0 Å². The standard InChI is InChI=1S/C13H22N2O/c1-2-3-8-16-13-6-4-11(5-7-13)12(9-14)10-15/h4-7,12H,2-3,8-10,14-15H2,1H3. The summed E-state index contributed by atoms with van der Waals surface area (Å²) >= 11 is 0. The number of ether oxygens (including phenoxy) is 1. The monoisotopic (exact) mass is 222 g/mol. The lowest BCUT2D eigenvalue weighted by Gasteiger charge is -2.13. The molecule has 0 aromatic heterocycles. The molecule has 0 radical (unpaired) electrons. The largest absolute Gasteiger partial charge is 0.494 e. The van der Waals surface area contributed by atoms with Crippen LogP contribution in [0.5, 0.6) is 5.75 Å². The van der Waals surface area contributed by atoms with Crippen molar-refractivity contribution in [1.29, 1.82) is 0 Å². The summed E-state index contributed by atoms with van der Waals surface area (Å²) in [6.45, 7) is 4.12. The van der Waals surface area contributed by atoms with Crippen molar-refractivity contribution in [3.8, 4) is 5.75 Å². The lowest BCUT2D eigenvalue weighted by atomic mass is 9.99. The molecular formula is C13H22N2O. The van der Waals surface area contributed by atoms with Gasteiger partial charge in [-0.25, -0.2) is 0 Å². The fraction of sp³-hybridized carbons (Fsp3) is 0.538. The summed E-state index contributed by atoms with van der Waals surface area (Å²) in [5, 5.41) is 0. The Morgan fingerprint density at radius 3 is 2.25 bits per heavy atom. The normalized spacial score (nSPS) is 10.8. The highest BCUT2D eigenvalue weighted by Gasteiger charge is 2.06. The topological polar surface area (TPSA) is 61.3 Å². The van der Waals surface area contributed by atoms with Crippen LogP contribution in [0.2, 0.25) is 0 Å². The average Bonchev–Trinajstić information content (AvgIpc) is 2.33. The SMILES string of the molecule is CCCCOc1ccc(C(CN)CN)cc1. The van der Waals surface area contributed by atoms with Gasteiger partial charge in [0.15, 0.2) is 0 Å². The lowest BCUT2D eigenvalue weighted by Crippen LogP contribution is -2.21. The van der Waals surface area contributed by atoms with E-state index in [9.17, 15) is 0 Å². The van der Waals surface area contributed by atoms with Crippen LogP contribution in [0, 0.1) is 0 Å². The molecule has 3 heteroatoms. The van der Waals surface area contributed by atoms with Crippen molar-refractivity contribution in [2.45, 2.75) is 25.7 Å². The van der Waals surface area contributed by atoms with Crippen LogP contribution in [-0.2, 0) is 0 Å². The molecule has 3 nitrogen and oxygen atoms in total. The zero-order chi connectivity index (χ0) is 11.8. The first-order valence-corrected chi connectivity index (χ1v) is 5.94. The van der Waals surface area contributed by atoms with Gasteiger partial charge in [0.1, 0.15) is 5.75 Å². The molecular weight excluding hydrogens is 200 g/mol. The highest BCUT2D eigenvalue weighted by molar-refractivity contribution is 5.29. The van der Waals surface area contributed by atoms with E-state index in [2.05, 4.69) is 6.92 Å². The fourth-order valence-corrected chi connectivity index (χ4v) is 1.54. The van der Waals surface area contributed by atoms with Crippen molar-refractivity contribution in [3.63, 3.8) is 0 Å². The summed E-state index contributed by atoms with van der Waals surface area (Å²) in [5.41, 5.74) is 12.5. The number of rotatable bonds is 7. The summed E-state index contributed by atoms with van der Waals surface area (Å²) in [5.74, 6) is 1.18. The zero-order valence-electron chi connectivity index (χ0n) is 9.99. The van der Waals surface area contributed by atoms with Gasteiger partial charge < -0.3 is 16.2 Å². The molecule has 0 saturated heterocycles. The number of hydrogen-bond donors (Lipinski definition) is 2. The third-order valence-electron chi connectivity index (χ3n) is 2.69. The minimum Gasteiger partial charge on any atom is -0.494 e. The Bertz CT molecular complexity index is 280. The number of unbranched alkanes of at least 4 members (excludes halogenated alkanes) is 1. The molecule has 0 unspecified atom stereocenters. The molecule has 0 aliphatic rings. The van der Waals surface area contributed by atoms with Gasteiger partial charge in [-0.05, 0) is 24.1 Å². The maximum absolute atomic E-state index is 5.64. The molecule has 0 spiro atoms. The smallest absolute Gasteiger partial charge is 0.119 e. The Kier molecular flexibility index (Phi) is 5.90. The number of hydrogen-bond acceptors (Lipinski definition) is 3. The van der Waals surface area contributed by atoms with Gasteiger partial charge in [-0.2, -0.15) is 0 Å². The average molecular weight is 222 g/mol. The third-order valence-corrected chi connectivity index (χ3v) is 2.69. The maximum Gasteiger partial charge on any atom is 0.119 e. The van der Waals surface area contributed by atoms with Gasteiger partial charge >= 0.3 is 0 Å². The number of benzene rings is 1. The molecule has 0 atom stereocenters. The van der Waals surface area contributed by atoms with Gasteiger partial charge in [0, 0.05) is 19.0 Å². The van der Waals surface area contributed by atoms with Gasteiger partial charge in [-0.1, -0.05) is 25.5 Å². The molecule has 90 valence electrons. The van der Waals surface area contributed by atoms with Crippen LogP contribution in [-0.4, -0.2) is 19.7 Å². The maximum atomic E-state index is 5.64. The summed E-state index contributed by atoms with van der Waals surface area (Å²) < 4.78 is 5.59. The molecule has 1 rings (SSSR count). The first kappa shape index (κ1) is 13.0. The molecule has 4 N–H and O–H groups in total. The second kappa shape index (κ2) is 7.25. The van der Waals surface area contributed by atoms with E-state index < -0.39 is 0 Å². The van der Waals surface area contributed by atoms with Crippen molar-refractivity contribution >= 4 is 0 Å². The Balaban J connectivity index is 2.53. The third kappa shape index (κ3) is 3.83. The van der Waals surface area contributed by atoms with Crippen LogP contribution < -0.4 is 16.2 Å². The molecule has 0 saturated carbocycles. The van der Waals surface area contributed by atoms with Gasteiger partial charge in [-0.3, -0.25) is 0 Å². The first-order chi connectivity index (χ1) is 7.81. The van der Waals surface area contributed by atoms with Gasteiger partial charge in [-0.15, -0.1) is 0 Å². The molecule has 16 heavy (non-hydrogen) atoms. The van der Waals surface area contributed by atoms with Crippen molar-refractivity contribution < 1.29 is 4.74 Å². The van der Waals surface area contributed by atoms with E-state index in [4.69, 9.17) is 16.2 Å². The molecule has 0 heterocycles. The molecule has 0 aliphatic carbocycles. The molecule has 0 aliphatic heterocycles. The van der Waals surface area contributed by atoms with E-state index in [1.807, 2.05) is 24.3 Å². The van der Waals surface area contributed by atoms with E-state index in [1.165, 1.54) is 5.56 Å². The van der Waals surface area contributed by atoms with E-state index in [-0.39, 0.29) is 5.92 Å². The van der Waals surface area contributed by atoms with Gasteiger partial charge in [0.05, 0.1) is 6.61 Å². The fourth-order valence-electron chi connectivity index (χ4n) is 1.54. The second-order valence-electron chi connectivity index (χ2n) is 3.94. The number of nitrogens with two attached hydrogens (primary N) is 2. The van der Waals surface area contributed by atoms with Crippen molar-refractivity contribution in [2.75, 3.05) is 19.7 Å². The summed E-state index contributed by atoms with van der Waals surface area (Å²) in [6.07, 6.45) is 2.25. The van der Waals surface area contributed by atoms with Crippen LogP contribution in [0.25, 0.3) is 0 Å². The zero-order valence-corrected chi connectivity index (χ0v) is 9.99. The van der Waals surface area contributed by atoms with Crippen molar-refractivity contribution in [1.82, 2.24) is 0 Å². The molecule has 0 fully saturated rings. The molecule has 0 bridgehead atoms. The highest BCUT2D eigenvalue weighted by atomic mass is 16.5. The molecule has 1 aromatic rings. The Morgan fingerprint density at radius 2 is 1.75 bits per heavy atom. The Morgan fingerprint density at radius 1 is 1.12 bits per heavy atom. The minimum absolute atomic E-state index is 0.254. The quantitative estimate of drug-likeness (QED) is 0.692. The minimum atomic E-state index is 0.254. The summed E-state index contributed by atoms with van der Waals surface area (Å²) in [6, 6.07) is 8.07. The van der Waals surface area contributed by atoms with Crippen LogP contribution in [0.3, 0.4) is 0 Å². The van der Waals surface area contributed by atoms with Crippen molar-refractivity contribution in [2.24, 2.45) is 11.5 Å². The summed E-state index contributed by atoms with van der Waals surface area (Å²) in [7, 11) is 0. The predicted octanol–water partition coefficient (Wildman–Crippen LogP) is 1.87. The Labute approximate surface area is 97.8 Å². The lowest BCUT2D eigenvalue weighted by molar-refractivity contribution is 0.309. The predicted molar refractivity (Wildman–Crippen MR) is 67.7 cm³/mol. The molecule has 1 aromatic carbocycles. The van der Waals surface area contributed by atoms with Crippen LogP contribution >= 0.6 is 0 Å². The van der Waals surface area contributed by atoms with Crippen molar-refractivity contribution in [3.05, 3.63) is 29.8 Å². The first-order valence-electron chi connectivity index (χ1n) is 5.94. The Hall–Kier alpha value is -1.06. The van der Waals surface area contributed by atoms with Gasteiger partial charge in [0.25, 0.3) is 0 Å². The van der Waals surface area contributed by atoms with E-state index in [1.54, 1.807) is 0 Å². The molecule has 0 amide bonds. The van der Waals surface area contributed by atoms with Crippen LogP contribution in [0.1, 0.15) is 31.2 Å². The van der Waals surface area contributed by atoms with Crippen LogP contribution in [0.15, 0.2) is 24.3 Å².